The lowest BCUT2D eigenvalue weighted by molar-refractivity contribution is 1.41. The van der Waals surface area contributed by atoms with Gasteiger partial charge < -0.3 is 0 Å². The van der Waals surface area contributed by atoms with E-state index in [-0.39, 0.29) is 0 Å². The smallest absolute Gasteiger partial charge is 0.0980 e. The van der Waals surface area contributed by atoms with Crippen molar-refractivity contribution in [1.82, 2.24) is 15.0 Å². The summed E-state index contributed by atoms with van der Waals surface area (Å²) in [6.07, 6.45) is 0. The molecule has 3 nitrogen and oxygen atoms in total. The van der Waals surface area contributed by atoms with E-state index in [9.17, 15) is 0 Å². The fourth-order valence-electron chi connectivity index (χ4n) is 7.07. The highest BCUT2D eigenvalue weighted by molar-refractivity contribution is 6.26. The van der Waals surface area contributed by atoms with Crippen LogP contribution in [0.25, 0.3) is 98.1 Å². The van der Waals surface area contributed by atoms with Gasteiger partial charge in [-0.2, -0.15) is 0 Å². The lowest BCUT2D eigenvalue weighted by Crippen LogP contribution is -1.93. The fourth-order valence-corrected chi connectivity index (χ4v) is 7.07. The predicted molar refractivity (Wildman–Crippen MR) is 184 cm³/mol. The normalized spacial score (nSPS) is 12.1. The Morgan fingerprint density at radius 3 is 1.52 bits per heavy atom. The highest BCUT2D eigenvalue weighted by Crippen LogP contribution is 2.39. The molecule has 0 saturated heterocycles. The Morgan fingerprint density at radius 2 is 0.886 bits per heavy atom. The molecule has 0 amide bonds. The van der Waals surface area contributed by atoms with Crippen LogP contribution in [0.15, 0.2) is 133 Å². The van der Waals surface area contributed by atoms with Crippen LogP contribution in [0.5, 0.6) is 0 Å². The largest absolute Gasteiger partial charge is 0.246 e. The first-order valence-electron chi connectivity index (χ1n) is 14.9. The second-order valence-corrected chi connectivity index (χ2v) is 11.5. The van der Waals surface area contributed by atoms with Gasteiger partial charge in [0.1, 0.15) is 0 Å². The monoisotopic (exact) mass is 556 g/mol. The van der Waals surface area contributed by atoms with E-state index in [1.165, 1.54) is 32.3 Å². The molecule has 0 bridgehead atoms. The summed E-state index contributed by atoms with van der Waals surface area (Å²) in [6.45, 7) is 0. The van der Waals surface area contributed by atoms with Crippen LogP contribution >= 0.6 is 0 Å². The molecule has 8 aromatic carbocycles. The van der Waals surface area contributed by atoms with E-state index in [2.05, 4.69) is 140 Å². The molecule has 0 aliphatic heterocycles. The average molecular weight is 557 g/mol. The number of para-hydroxylation sites is 1. The molecule has 10 rings (SSSR count). The Kier molecular flexibility index (Phi) is 4.72. The standard InChI is InChI=1S/C41H22N3/c1-2-15-31-27(11-1)28-12-3-6-16-32(28)39-35(31)22-25-10-9-19-26(38(25)44-39)24-20-21-36-37(23-24)43-41-34-18-8-5-14-30(34)29-13-4-7-17-33(29)40(41)42-36/h1-22H. The molecule has 0 fully saturated rings. The van der Waals surface area contributed by atoms with Crippen molar-refractivity contribution in [3.8, 4) is 11.1 Å². The van der Waals surface area contributed by atoms with Gasteiger partial charge in [0.05, 0.1) is 33.1 Å². The van der Waals surface area contributed by atoms with Crippen LogP contribution < -0.4 is 0 Å². The number of pyridine rings is 1. The van der Waals surface area contributed by atoms with E-state index >= 15 is 0 Å². The van der Waals surface area contributed by atoms with Crippen molar-refractivity contribution in [3.05, 3.63) is 140 Å². The molecule has 0 atom stereocenters. The predicted octanol–water partition coefficient (Wildman–Crippen LogP) is 10.6. The van der Waals surface area contributed by atoms with Crippen molar-refractivity contribution in [2.24, 2.45) is 0 Å². The van der Waals surface area contributed by atoms with Crippen LogP contribution in [0.2, 0.25) is 0 Å². The fraction of sp³-hybridized carbons (Fsp3) is 0. The van der Waals surface area contributed by atoms with Crippen LogP contribution in [-0.4, -0.2) is 15.0 Å². The Morgan fingerprint density at radius 1 is 0.364 bits per heavy atom. The van der Waals surface area contributed by atoms with Gasteiger partial charge >= 0.3 is 0 Å². The molecule has 1 radical (unpaired) electrons. The maximum Gasteiger partial charge on any atom is 0.0980 e. The van der Waals surface area contributed by atoms with Crippen molar-refractivity contribution < 1.29 is 0 Å². The summed E-state index contributed by atoms with van der Waals surface area (Å²) in [6, 6.07) is 50.7. The molecule has 0 spiro atoms. The minimum atomic E-state index is 0.754. The van der Waals surface area contributed by atoms with Gasteiger partial charge in [0, 0.05) is 38.6 Å². The quantitative estimate of drug-likeness (QED) is 0.149. The van der Waals surface area contributed by atoms with Gasteiger partial charge in [-0.25, -0.2) is 15.0 Å². The van der Waals surface area contributed by atoms with Gasteiger partial charge in [0.15, 0.2) is 0 Å². The lowest BCUT2D eigenvalue weighted by atomic mass is 9.95. The van der Waals surface area contributed by atoms with E-state index in [4.69, 9.17) is 15.0 Å². The lowest BCUT2D eigenvalue weighted by Gasteiger charge is -2.13. The first kappa shape index (κ1) is 23.6. The summed E-state index contributed by atoms with van der Waals surface area (Å²) in [5.41, 5.74) is 7.38. The van der Waals surface area contributed by atoms with E-state index in [1.54, 1.807) is 0 Å². The van der Waals surface area contributed by atoms with Gasteiger partial charge in [-0.3, -0.25) is 0 Å². The van der Waals surface area contributed by atoms with Crippen molar-refractivity contribution in [2.45, 2.75) is 0 Å². The molecule has 0 unspecified atom stereocenters. The highest BCUT2D eigenvalue weighted by atomic mass is 14.8. The SMILES string of the molecule is [c]1c(-c2cccc3cc4c5ccccc5c5ccccc5c4nc23)ccc2nc3c4ccccc4c4ccccc4c3nc12. The zero-order valence-electron chi connectivity index (χ0n) is 23.5. The summed E-state index contributed by atoms with van der Waals surface area (Å²) in [5.74, 6) is 0. The molecule has 3 heteroatoms. The zero-order chi connectivity index (χ0) is 28.8. The third-order valence-corrected chi connectivity index (χ3v) is 9.06. The first-order valence-corrected chi connectivity index (χ1v) is 14.9. The van der Waals surface area contributed by atoms with Crippen LogP contribution in [0, 0.1) is 6.07 Å². The second-order valence-electron chi connectivity index (χ2n) is 11.5. The Bertz CT molecular complexity index is 2830. The molecule has 0 aliphatic rings. The van der Waals surface area contributed by atoms with Gasteiger partial charge in [-0.05, 0) is 44.6 Å². The van der Waals surface area contributed by atoms with Gasteiger partial charge in [0.25, 0.3) is 0 Å². The van der Waals surface area contributed by atoms with E-state index in [0.29, 0.717) is 0 Å². The molecule has 0 N–H and O–H groups in total. The Hall–Kier alpha value is -5.93. The van der Waals surface area contributed by atoms with Crippen LogP contribution in [0.1, 0.15) is 0 Å². The molecule has 0 aliphatic carbocycles. The molecular formula is C41H22N3. The number of aromatic nitrogens is 3. The molecule has 0 saturated carbocycles. The van der Waals surface area contributed by atoms with Crippen LogP contribution in [0.4, 0.5) is 0 Å². The van der Waals surface area contributed by atoms with Gasteiger partial charge in [0.2, 0.25) is 0 Å². The Balaban J connectivity index is 1.26. The topological polar surface area (TPSA) is 38.7 Å². The minimum absolute atomic E-state index is 0.754. The Labute approximate surface area is 252 Å². The minimum Gasteiger partial charge on any atom is -0.246 e. The van der Waals surface area contributed by atoms with Crippen molar-refractivity contribution >= 4 is 87.0 Å². The third-order valence-electron chi connectivity index (χ3n) is 9.06. The number of hydrogen-bond donors (Lipinski definition) is 0. The van der Waals surface area contributed by atoms with E-state index in [0.717, 1.165) is 65.8 Å². The summed E-state index contributed by atoms with van der Waals surface area (Å²) in [4.78, 5) is 15.7. The molecule has 10 aromatic rings. The number of benzene rings is 8. The molecular weight excluding hydrogens is 534 g/mol. The van der Waals surface area contributed by atoms with Crippen LogP contribution in [-0.2, 0) is 0 Å². The van der Waals surface area contributed by atoms with E-state index in [1.807, 2.05) is 0 Å². The number of fused-ring (bicyclic) bond motifs is 14. The third kappa shape index (κ3) is 3.24. The molecule has 44 heavy (non-hydrogen) atoms. The summed E-state index contributed by atoms with van der Waals surface area (Å²) >= 11 is 0. The van der Waals surface area contributed by atoms with Crippen molar-refractivity contribution in [1.29, 1.82) is 0 Å². The van der Waals surface area contributed by atoms with Gasteiger partial charge in [-0.15, -0.1) is 0 Å². The second kappa shape index (κ2) is 8.79. The maximum atomic E-state index is 5.38. The first-order chi connectivity index (χ1) is 21.8. The average Bonchev–Trinajstić information content (AvgIpc) is 3.10. The van der Waals surface area contributed by atoms with Crippen LogP contribution in [0.3, 0.4) is 0 Å². The molecule has 2 aromatic heterocycles. The molecule has 201 valence electrons. The zero-order valence-corrected chi connectivity index (χ0v) is 23.5. The van der Waals surface area contributed by atoms with Gasteiger partial charge in [-0.1, -0.05) is 121 Å². The number of rotatable bonds is 1. The van der Waals surface area contributed by atoms with E-state index < -0.39 is 0 Å². The van der Waals surface area contributed by atoms with Crippen molar-refractivity contribution in [3.63, 3.8) is 0 Å². The highest BCUT2D eigenvalue weighted by Gasteiger charge is 2.15. The molecule has 2 heterocycles. The number of nitrogens with zero attached hydrogens (tertiary/aromatic N) is 3. The summed E-state index contributed by atoms with van der Waals surface area (Å²) in [7, 11) is 0. The maximum absolute atomic E-state index is 5.38. The summed E-state index contributed by atoms with van der Waals surface area (Å²) in [5, 5.41) is 11.7. The number of hydrogen-bond acceptors (Lipinski definition) is 3. The van der Waals surface area contributed by atoms with Crippen molar-refractivity contribution in [2.75, 3.05) is 0 Å². The summed E-state index contributed by atoms with van der Waals surface area (Å²) < 4.78 is 0.